The molecule has 2 aromatic heterocycles. The van der Waals surface area contributed by atoms with Crippen LogP contribution in [0.15, 0.2) is 30.3 Å². The smallest absolute Gasteiger partial charge is 0.264 e. The molecular weight excluding hydrogens is 403 g/mol. The van der Waals surface area contributed by atoms with E-state index in [9.17, 15) is 14.0 Å². The summed E-state index contributed by atoms with van der Waals surface area (Å²) in [5.74, 6) is -0.150. The van der Waals surface area contributed by atoms with Crippen LogP contribution in [0.3, 0.4) is 0 Å². The average Bonchev–Trinajstić information content (AvgIpc) is 3.30. The molecule has 4 rings (SSSR count). The summed E-state index contributed by atoms with van der Waals surface area (Å²) in [6.07, 6.45) is 0. The summed E-state index contributed by atoms with van der Waals surface area (Å²) in [6.45, 7) is 8.49. The summed E-state index contributed by atoms with van der Waals surface area (Å²) in [5.41, 5.74) is 1.82. The Bertz CT molecular complexity index is 1080. The molecule has 0 bridgehead atoms. The fraction of sp³-hybridized carbons (Fsp3) is 0.409. The number of benzene rings is 1. The Labute approximate surface area is 178 Å². The van der Waals surface area contributed by atoms with Gasteiger partial charge in [-0.2, -0.15) is 5.10 Å². The second-order valence-electron chi connectivity index (χ2n) is 7.97. The van der Waals surface area contributed by atoms with Crippen molar-refractivity contribution in [2.45, 2.75) is 27.3 Å². The molecule has 3 aromatic rings. The van der Waals surface area contributed by atoms with Crippen LogP contribution in [-0.2, 0) is 11.3 Å². The first kappa shape index (κ1) is 20.5. The van der Waals surface area contributed by atoms with Crippen LogP contribution in [0.1, 0.15) is 34.8 Å². The van der Waals surface area contributed by atoms with Gasteiger partial charge in [0.1, 0.15) is 10.6 Å². The van der Waals surface area contributed by atoms with Gasteiger partial charge in [-0.05, 0) is 30.7 Å². The molecule has 1 aliphatic rings. The molecule has 0 aliphatic carbocycles. The third kappa shape index (κ3) is 3.96. The van der Waals surface area contributed by atoms with Gasteiger partial charge in [0.2, 0.25) is 5.91 Å². The van der Waals surface area contributed by atoms with Gasteiger partial charge in [-0.3, -0.25) is 14.3 Å². The van der Waals surface area contributed by atoms with Gasteiger partial charge in [-0.25, -0.2) is 4.39 Å². The van der Waals surface area contributed by atoms with Crippen LogP contribution in [-0.4, -0.2) is 57.6 Å². The minimum absolute atomic E-state index is 0.000535. The Morgan fingerprint density at radius 2 is 1.73 bits per heavy atom. The van der Waals surface area contributed by atoms with E-state index in [1.54, 1.807) is 12.1 Å². The maximum absolute atomic E-state index is 13.2. The zero-order chi connectivity index (χ0) is 21.4. The van der Waals surface area contributed by atoms with Crippen LogP contribution in [0.4, 0.5) is 4.39 Å². The van der Waals surface area contributed by atoms with Gasteiger partial charge in [0.15, 0.2) is 0 Å². The number of piperazine rings is 1. The fourth-order valence-corrected chi connectivity index (χ4v) is 4.87. The Kier molecular flexibility index (Phi) is 5.60. The maximum atomic E-state index is 13.2. The van der Waals surface area contributed by atoms with Crippen LogP contribution in [0.5, 0.6) is 0 Å². The SMILES string of the molecule is Cc1nn(Cc2ccc(F)cc2)c2sc(C(=O)N3CCN(C(=O)C(C)C)CC3)cc12. The number of fused-ring (bicyclic) bond motifs is 1. The highest BCUT2D eigenvalue weighted by atomic mass is 32.1. The highest BCUT2D eigenvalue weighted by Crippen LogP contribution is 2.30. The van der Waals surface area contributed by atoms with E-state index in [-0.39, 0.29) is 23.5 Å². The molecule has 6 nitrogen and oxygen atoms in total. The molecule has 158 valence electrons. The van der Waals surface area contributed by atoms with Gasteiger partial charge in [0.05, 0.1) is 17.1 Å². The standard InChI is InChI=1S/C22H25FN4O2S/c1-14(2)20(28)25-8-10-26(11-9-25)21(29)19-12-18-15(3)24-27(22(18)30-19)13-16-4-6-17(23)7-5-16/h4-7,12,14H,8-11,13H2,1-3H3. The number of aryl methyl sites for hydroxylation is 1. The Balaban J connectivity index is 1.50. The molecule has 3 heterocycles. The number of carbonyl (C=O) groups excluding carboxylic acids is 2. The summed E-state index contributed by atoms with van der Waals surface area (Å²) < 4.78 is 15.0. The van der Waals surface area contributed by atoms with Crippen molar-refractivity contribution >= 4 is 33.4 Å². The Morgan fingerprint density at radius 3 is 2.37 bits per heavy atom. The van der Waals surface area contributed by atoms with Crippen molar-refractivity contribution in [3.8, 4) is 0 Å². The summed E-state index contributed by atoms with van der Waals surface area (Å²) in [6, 6.07) is 8.29. The third-order valence-corrected chi connectivity index (χ3v) is 6.57. The minimum Gasteiger partial charge on any atom is -0.339 e. The van der Waals surface area contributed by atoms with Gasteiger partial charge < -0.3 is 9.80 Å². The number of amides is 2. The Morgan fingerprint density at radius 1 is 1.10 bits per heavy atom. The summed E-state index contributed by atoms with van der Waals surface area (Å²) in [5, 5.41) is 5.56. The van der Waals surface area contributed by atoms with Crippen LogP contribution < -0.4 is 0 Å². The lowest BCUT2D eigenvalue weighted by molar-refractivity contribution is -0.135. The number of carbonyl (C=O) groups is 2. The molecule has 1 aliphatic heterocycles. The molecule has 1 fully saturated rings. The topological polar surface area (TPSA) is 58.4 Å². The highest BCUT2D eigenvalue weighted by Gasteiger charge is 2.27. The molecule has 0 N–H and O–H groups in total. The van der Waals surface area contributed by atoms with E-state index in [4.69, 9.17) is 0 Å². The van der Waals surface area contributed by atoms with Crippen LogP contribution >= 0.6 is 11.3 Å². The quantitative estimate of drug-likeness (QED) is 0.639. The normalized spacial score (nSPS) is 14.7. The predicted octanol–water partition coefficient (Wildman–Crippen LogP) is 3.53. The lowest BCUT2D eigenvalue weighted by atomic mass is 10.1. The van der Waals surface area contributed by atoms with Gasteiger partial charge in [0.25, 0.3) is 5.91 Å². The van der Waals surface area contributed by atoms with Crippen molar-refractivity contribution in [2.24, 2.45) is 5.92 Å². The van der Waals surface area contributed by atoms with Gasteiger partial charge in [-0.1, -0.05) is 26.0 Å². The number of thiophene rings is 1. The maximum Gasteiger partial charge on any atom is 0.264 e. The lowest BCUT2D eigenvalue weighted by Crippen LogP contribution is -2.51. The number of aromatic nitrogens is 2. The van der Waals surface area contributed by atoms with E-state index in [1.165, 1.54) is 23.5 Å². The molecule has 2 amide bonds. The van der Waals surface area contributed by atoms with Crippen molar-refractivity contribution in [1.82, 2.24) is 19.6 Å². The molecule has 1 aromatic carbocycles. The van der Waals surface area contributed by atoms with E-state index >= 15 is 0 Å². The first-order chi connectivity index (χ1) is 14.3. The fourth-order valence-electron chi connectivity index (χ4n) is 3.74. The predicted molar refractivity (Wildman–Crippen MR) is 115 cm³/mol. The van der Waals surface area contributed by atoms with Crippen LogP contribution in [0.25, 0.3) is 10.2 Å². The molecule has 30 heavy (non-hydrogen) atoms. The molecule has 0 saturated carbocycles. The van der Waals surface area contributed by atoms with Crippen molar-refractivity contribution in [1.29, 1.82) is 0 Å². The largest absolute Gasteiger partial charge is 0.339 e. The lowest BCUT2D eigenvalue weighted by Gasteiger charge is -2.35. The van der Waals surface area contributed by atoms with Crippen LogP contribution in [0.2, 0.25) is 0 Å². The monoisotopic (exact) mass is 428 g/mol. The van der Waals surface area contributed by atoms with Gasteiger partial charge >= 0.3 is 0 Å². The zero-order valence-electron chi connectivity index (χ0n) is 17.4. The highest BCUT2D eigenvalue weighted by molar-refractivity contribution is 7.20. The number of hydrogen-bond donors (Lipinski definition) is 0. The van der Waals surface area contributed by atoms with E-state index in [2.05, 4.69) is 5.10 Å². The van der Waals surface area contributed by atoms with Crippen molar-refractivity contribution in [2.75, 3.05) is 26.2 Å². The summed E-state index contributed by atoms with van der Waals surface area (Å²) in [7, 11) is 0. The number of rotatable bonds is 4. The number of hydrogen-bond acceptors (Lipinski definition) is 4. The van der Waals surface area contributed by atoms with Gasteiger partial charge in [-0.15, -0.1) is 11.3 Å². The molecular formula is C22H25FN4O2S. The molecule has 0 spiro atoms. The molecule has 8 heteroatoms. The molecule has 0 atom stereocenters. The molecule has 0 unspecified atom stereocenters. The summed E-state index contributed by atoms with van der Waals surface area (Å²) >= 11 is 1.44. The van der Waals surface area contributed by atoms with E-state index in [0.717, 1.165) is 21.5 Å². The molecule has 1 saturated heterocycles. The first-order valence-electron chi connectivity index (χ1n) is 10.1. The zero-order valence-corrected chi connectivity index (χ0v) is 18.2. The van der Waals surface area contributed by atoms with Gasteiger partial charge in [0, 0.05) is 37.5 Å². The van der Waals surface area contributed by atoms with Crippen molar-refractivity contribution in [3.05, 3.63) is 52.3 Å². The molecule has 0 radical (unpaired) electrons. The summed E-state index contributed by atoms with van der Waals surface area (Å²) in [4.78, 5) is 30.5. The number of halogens is 1. The Hall–Kier alpha value is -2.74. The van der Waals surface area contributed by atoms with Crippen molar-refractivity contribution < 1.29 is 14.0 Å². The number of nitrogens with zero attached hydrogens (tertiary/aromatic N) is 4. The second-order valence-corrected chi connectivity index (χ2v) is 9.00. The van der Waals surface area contributed by atoms with Crippen molar-refractivity contribution in [3.63, 3.8) is 0 Å². The van der Waals surface area contributed by atoms with E-state index in [0.29, 0.717) is 37.6 Å². The van der Waals surface area contributed by atoms with Crippen LogP contribution in [0, 0.1) is 18.7 Å². The second kappa shape index (κ2) is 8.18. The van der Waals surface area contributed by atoms with E-state index < -0.39 is 0 Å². The third-order valence-electron chi connectivity index (χ3n) is 5.44. The van der Waals surface area contributed by atoms with E-state index in [1.807, 2.05) is 41.3 Å². The first-order valence-corrected chi connectivity index (χ1v) is 10.9. The minimum atomic E-state index is -0.264. The average molecular weight is 429 g/mol.